The van der Waals surface area contributed by atoms with E-state index in [4.69, 9.17) is 32.3 Å². The maximum Gasteiger partial charge on any atom is 0.472 e. The number of phosphoric acid groups is 2. The molecule has 510 valence electrons. The minimum absolute atomic E-state index is 0.0991. The zero-order valence-electron chi connectivity index (χ0n) is 55.1. The van der Waals surface area contributed by atoms with Crippen molar-refractivity contribution in [3.05, 3.63) is 122 Å². The molecule has 0 saturated carbocycles. The molecule has 0 aliphatic rings. The Kier molecular flexibility index (Phi) is 61.2. The molecule has 0 aromatic rings. The zero-order valence-corrected chi connectivity index (χ0v) is 56.8. The third-order valence-electron chi connectivity index (χ3n) is 13.7. The molecule has 5 atom stereocenters. The molecule has 5 unspecified atom stereocenters. The lowest BCUT2D eigenvalue weighted by Gasteiger charge is -2.21. The molecular formula is C71H120O16P2. The van der Waals surface area contributed by atoms with Gasteiger partial charge in [-0.15, -0.1) is 0 Å². The van der Waals surface area contributed by atoms with E-state index in [1.54, 1.807) is 0 Å². The number of allylic oxidation sites excluding steroid dienone is 20. The van der Waals surface area contributed by atoms with Crippen molar-refractivity contribution < 1.29 is 75.8 Å². The minimum atomic E-state index is -4.93. The van der Waals surface area contributed by atoms with E-state index in [0.29, 0.717) is 19.3 Å². The van der Waals surface area contributed by atoms with E-state index in [9.17, 15) is 43.5 Å². The van der Waals surface area contributed by atoms with Crippen LogP contribution < -0.4 is 0 Å². The van der Waals surface area contributed by atoms with Gasteiger partial charge in [0.15, 0.2) is 6.10 Å². The van der Waals surface area contributed by atoms with Crippen LogP contribution in [0, 0.1) is 0 Å². The topological polar surface area (TPSA) is 231 Å². The normalized spacial score (nSPS) is 15.0. The fraction of sp³-hybridized carbons (Fsp3) is 0.676. The van der Waals surface area contributed by atoms with Crippen LogP contribution >= 0.6 is 15.6 Å². The van der Waals surface area contributed by atoms with E-state index in [0.717, 1.165) is 154 Å². The Morgan fingerprint density at radius 2 is 0.596 bits per heavy atom. The Balaban J connectivity index is 4.63. The molecule has 89 heavy (non-hydrogen) atoms. The van der Waals surface area contributed by atoms with Crippen molar-refractivity contribution in [2.45, 2.75) is 270 Å². The van der Waals surface area contributed by atoms with Crippen molar-refractivity contribution >= 4 is 33.6 Å². The van der Waals surface area contributed by atoms with Crippen LogP contribution in [0.5, 0.6) is 0 Å². The van der Waals surface area contributed by atoms with Crippen LogP contribution in [0.3, 0.4) is 0 Å². The highest BCUT2D eigenvalue weighted by Gasteiger charge is 2.29. The van der Waals surface area contributed by atoms with Crippen LogP contribution in [0.1, 0.15) is 252 Å². The lowest BCUT2D eigenvalue weighted by atomic mass is 10.1. The number of aliphatic hydroxyl groups is 2. The highest BCUT2D eigenvalue weighted by atomic mass is 31.2. The molecule has 0 aliphatic heterocycles. The van der Waals surface area contributed by atoms with Gasteiger partial charge < -0.3 is 34.2 Å². The largest absolute Gasteiger partial charge is 0.472 e. The first-order chi connectivity index (χ1) is 43.2. The van der Waals surface area contributed by atoms with Crippen LogP contribution in [0.2, 0.25) is 0 Å². The summed E-state index contributed by atoms with van der Waals surface area (Å²) in [5.74, 6) is -1.62. The number of unbranched alkanes of at least 4 members (excludes halogenated alkanes) is 20. The highest BCUT2D eigenvalue weighted by molar-refractivity contribution is 7.47. The van der Waals surface area contributed by atoms with Gasteiger partial charge in [-0.2, -0.15) is 0 Å². The second-order valence-corrected chi connectivity index (χ2v) is 25.1. The molecule has 0 radical (unpaired) electrons. The maximum absolute atomic E-state index is 12.9. The van der Waals surface area contributed by atoms with Gasteiger partial charge in [0.25, 0.3) is 0 Å². The second kappa shape index (κ2) is 64.1. The monoisotopic (exact) mass is 1290 g/mol. The molecular weight excluding hydrogens is 1170 g/mol. The number of ether oxygens (including phenoxy) is 3. The number of aliphatic hydroxyl groups excluding tert-OH is 2. The van der Waals surface area contributed by atoms with E-state index in [1.165, 1.54) is 38.5 Å². The lowest BCUT2D eigenvalue weighted by molar-refractivity contribution is -0.161. The molecule has 0 rings (SSSR count). The van der Waals surface area contributed by atoms with Gasteiger partial charge in [-0.3, -0.25) is 32.5 Å². The number of esters is 3. The number of rotatable bonds is 63. The smallest absolute Gasteiger partial charge is 0.463 e. The molecule has 0 aromatic carbocycles. The predicted octanol–water partition coefficient (Wildman–Crippen LogP) is 18.6. The Morgan fingerprint density at radius 1 is 0.326 bits per heavy atom. The van der Waals surface area contributed by atoms with Crippen molar-refractivity contribution in [2.24, 2.45) is 0 Å². The summed E-state index contributed by atoms with van der Waals surface area (Å²) < 4.78 is 60.8. The van der Waals surface area contributed by atoms with E-state index in [-0.39, 0.29) is 19.3 Å². The quantitative estimate of drug-likeness (QED) is 0.0146. The minimum Gasteiger partial charge on any atom is -0.463 e. The van der Waals surface area contributed by atoms with Gasteiger partial charge in [-0.1, -0.05) is 245 Å². The Morgan fingerprint density at radius 3 is 0.944 bits per heavy atom. The average molecular weight is 1290 g/mol. The van der Waals surface area contributed by atoms with Crippen LogP contribution in [0.4, 0.5) is 0 Å². The molecule has 4 N–H and O–H groups in total. The summed E-state index contributed by atoms with van der Waals surface area (Å²) in [5.41, 5.74) is 0. The summed E-state index contributed by atoms with van der Waals surface area (Å²) in [4.78, 5) is 58.3. The van der Waals surface area contributed by atoms with E-state index < -0.39 is 91.5 Å². The van der Waals surface area contributed by atoms with Gasteiger partial charge in [0, 0.05) is 19.3 Å². The van der Waals surface area contributed by atoms with Crippen molar-refractivity contribution in [1.29, 1.82) is 0 Å². The zero-order chi connectivity index (χ0) is 65.3. The third-order valence-corrected chi connectivity index (χ3v) is 15.6. The number of carbonyl (C=O) groups is 3. The summed E-state index contributed by atoms with van der Waals surface area (Å²) in [7, 11) is -9.78. The molecule has 0 aromatic heterocycles. The Bertz CT molecular complexity index is 2110. The van der Waals surface area contributed by atoms with Crippen molar-refractivity contribution in [1.82, 2.24) is 0 Å². The SMILES string of the molecule is CC/C=C\C/C=C\C/C=C\C/C=C\C/C=C\CCCCCCCC(=O)OCC(O)COP(=O)(O)OCC(O)COP(=O)(O)OCC(COC(=O)CCCCCCC/C=C\C/C=C\C/C=C\C/C=C\C/C=C\CC)OC(=O)CCCCCCCCCCCCC. The summed E-state index contributed by atoms with van der Waals surface area (Å²) in [6.07, 6.45) is 72.5. The second-order valence-electron chi connectivity index (χ2n) is 22.2. The van der Waals surface area contributed by atoms with Gasteiger partial charge in [0.2, 0.25) is 0 Å². The first-order valence-corrected chi connectivity index (χ1v) is 36.8. The van der Waals surface area contributed by atoms with Gasteiger partial charge in [-0.05, 0) is 109 Å². The van der Waals surface area contributed by atoms with Crippen molar-refractivity contribution in [2.75, 3.05) is 39.6 Å². The predicted molar refractivity (Wildman–Crippen MR) is 362 cm³/mol. The summed E-state index contributed by atoms with van der Waals surface area (Å²) in [5, 5.41) is 20.5. The molecule has 0 spiro atoms. The molecule has 0 amide bonds. The molecule has 0 fully saturated rings. The summed E-state index contributed by atoms with van der Waals surface area (Å²) in [6.45, 7) is 2.37. The first-order valence-electron chi connectivity index (χ1n) is 33.8. The Labute approximate surface area is 538 Å². The maximum atomic E-state index is 12.9. The number of carbonyl (C=O) groups excluding carboxylic acids is 3. The molecule has 0 bridgehead atoms. The molecule has 0 heterocycles. The number of hydrogen-bond acceptors (Lipinski definition) is 14. The van der Waals surface area contributed by atoms with E-state index in [1.807, 2.05) is 0 Å². The van der Waals surface area contributed by atoms with Crippen molar-refractivity contribution in [3.8, 4) is 0 Å². The highest BCUT2D eigenvalue weighted by Crippen LogP contribution is 2.45. The van der Waals surface area contributed by atoms with Gasteiger partial charge in [0.1, 0.15) is 25.4 Å². The summed E-state index contributed by atoms with van der Waals surface area (Å²) >= 11 is 0. The van der Waals surface area contributed by atoms with Gasteiger partial charge in [0.05, 0.1) is 26.4 Å². The lowest BCUT2D eigenvalue weighted by Crippen LogP contribution is -2.30. The average Bonchev–Trinajstić information content (AvgIpc) is 3.64. The van der Waals surface area contributed by atoms with Crippen LogP contribution in [0.15, 0.2) is 122 Å². The number of hydrogen-bond donors (Lipinski definition) is 4. The van der Waals surface area contributed by atoms with Crippen LogP contribution in [-0.2, 0) is 55.8 Å². The molecule has 16 nitrogen and oxygen atoms in total. The Hall–Kier alpha value is -4.05. The molecule has 18 heteroatoms. The fourth-order valence-electron chi connectivity index (χ4n) is 8.56. The van der Waals surface area contributed by atoms with Crippen LogP contribution in [-0.4, -0.2) is 95.9 Å². The molecule has 0 aliphatic carbocycles. The van der Waals surface area contributed by atoms with E-state index >= 15 is 0 Å². The van der Waals surface area contributed by atoms with E-state index in [2.05, 4.69) is 142 Å². The third kappa shape index (κ3) is 65.3. The summed E-state index contributed by atoms with van der Waals surface area (Å²) in [6, 6.07) is 0. The first kappa shape index (κ1) is 85.0. The standard InChI is InChI=1S/C71H120O16P2/c1-4-7-10-13-16-19-22-24-26-28-30-32-34-36-38-40-43-45-48-51-54-57-69(74)81-60-66(72)61-83-88(77,78)84-62-67(73)63-85-89(79,80)86-65-68(87-71(76)59-56-53-50-47-42-21-18-15-12-9-6-3)64-82-70(75)58-55-52-49-46-44-41-39-37-35-33-31-29-27-25-23-20-17-14-11-8-5-2/h7-8,10-11,16-17,19-20,24-27,30-33,36-39,66-68,72-73H,4-6,9,12-15,18,21-23,28-29,34-35,40-65H2,1-3H3,(H,77,78)(H,79,80)/b10-7-,11-8-,19-16-,20-17-,26-24-,27-25-,32-30-,33-31-,38-36-,39-37-. The van der Waals surface area contributed by atoms with Gasteiger partial charge >= 0.3 is 33.6 Å². The molecule has 0 saturated heterocycles. The van der Waals surface area contributed by atoms with Crippen molar-refractivity contribution in [3.63, 3.8) is 0 Å². The number of phosphoric ester groups is 2. The van der Waals surface area contributed by atoms with Crippen LogP contribution in [0.25, 0.3) is 0 Å². The fourth-order valence-corrected chi connectivity index (χ4v) is 10.1. The van der Waals surface area contributed by atoms with Gasteiger partial charge in [-0.25, -0.2) is 9.13 Å².